The van der Waals surface area contributed by atoms with Gasteiger partial charge in [0, 0.05) is 11.6 Å². The van der Waals surface area contributed by atoms with E-state index in [-0.39, 0.29) is 12.4 Å². The minimum atomic E-state index is -0.404. The van der Waals surface area contributed by atoms with Gasteiger partial charge in [0.25, 0.3) is 5.91 Å². The minimum absolute atomic E-state index is 0.173. The third-order valence-electron chi connectivity index (χ3n) is 3.36. The molecule has 0 saturated heterocycles. The molecule has 2 aromatic carbocycles. The molecule has 124 valence electrons. The van der Waals surface area contributed by atoms with E-state index in [0.717, 1.165) is 10.2 Å². The lowest BCUT2D eigenvalue weighted by molar-refractivity contribution is -0.120. The number of carbonyl (C=O) groups is 1. The molecule has 0 N–H and O–H groups in total. The molecule has 4 nitrogen and oxygen atoms in total. The zero-order valence-electron chi connectivity index (χ0n) is 12.8. The average molecular weight is 365 g/mol. The van der Waals surface area contributed by atoms with Crippen LogP contribution in [0.3, 0.4) is 0 Å². The number of aromatic nitrogens is 1. The lowest BCUT2D eigenvalue weighted by Gasteiger charge is -2.03. The van der Waals surface area contributed by atoms with Gasteiger partial charge in [0.15, 0.2) is 11.4 Å². The van der Waals surface area contributed by atoms with Crippen molar-refractivity contribution < 1.29 is 13.9 Å². The summed E-state index contributed by atoms with van der Waals surface area (Å²) in [6, 6.07) is 11.3. The number of benzene rings is 2. The molecule has 7 heteroatoms. The molecule has 0 bridgehead atoms. The summed E-state index contributed by atoms with van der Waals surface area (Å²) in [5.41, 5.74) is 0.856. The van der Waals surface area contributed by atoms with Crippen molar-refractivity contribution in [3.63, 3.8) is 0 Å². The molecule has 0 aliphatic carbocycles. The van der Waals surface area contributed by atoms with Crippen LogP contribution in [-0.4, -0.2) is 17.1 Å². The molecule has 0 radical (unpaired) electrons. The van der Waals surface area contributed by atoms with E-state index in [1.54, 1.807) is 30.3 Å². The normalized spacial score (nSPS) is 11.9. The van der Waals surface area contributed by atoms with Crippen LogP contribution in [0.4, 0.5) is 4.39 Å². The maximum atomic E-state index is 13.4. The Morgan fingerprint density at radius 2 is 2.04 bits per heavy atom. The fourth-order valence-electron chi connectivity index (χ4n) is 2.25. The fourth-order valence-corrected chi connectivity index (χ4v) is 3.51. The number of amides is 1. The summed E-state index contributed by atoms with van der Waals surface area (Å²) >= 11 is 7.07. The standard InChI is InChI=1S/C17H14ClFN2O2S/c1-2-21-14-8-5-12(19)9-15(14)24-17(21)20-16(22)10-23-13-6-3-11(18)4-7-13/h3-9H,2,10H2,1H3. The van der Waals surface area contributed by atoms with Crippen LogP contribution < -0.4 is 9.54 Å². The van der Waals surface area contributed by atoms with Crippen molar-refractivity contribution in [2.24, 2.45) is 4.99 Å². The van der Waals surface area contributed by atoms with Gasteiger partial charge < -0.3 is 9.30 Å². The predicted octanol–water partition coefficient (Wildman–Crippen LogP) is 4.02. The smallest absolute Gasteiger partial charge is 0.286 e. The number of thiazole rings is 1. The molecule has 0 unspecified atom stereocenters. The van der Waals surface area contributed by atoms with E-state index >= 15 is 0 Å². The second-order valence-corrected chi connectivity index (χ2v) is 6.43. The van der Waals surface area contributed by atoms with E-state index in [9.17, 15) is 9.18 Å². The topological polar surface area (TPSA) is 43.6 Å². The van der Waals surface area contributed by atoms with Crippen LogP contribution in [0.2, 0.25) is 5.02 Å². The summed E-state index contributed by atoms with van der Waals surface area (Å²) in [6.07, 6.45) is 0. The maximum Gasteiger partial charge on any atom is 0.286 e. The van der Waals surface area contributed by atoms with Crippen LogP contribution in [0.25, 0.3) is 10.2 Å². The molecule has 1 aromatic heterocycles. The first-order chi connectivity index (χ1) is 11.6. The Morgan fingerprint density at radius 3 is 2.75 bits per heavy atom. The number of hydrogen-bond donors (Lipinski definition) is 0. The SMILES string of the molecule is CCn1c(=NC(=O)COc2ccc(Cl)cc2)sc2cc(F)ccc21. The molecule has 0 saturated carbocycles. The molecule has 0 aliphatic heterocycles. The van der Waals surface area contributed by atoms with Crippen LogP contribution in [0.1, 0.15) is 6.92 Å². The van der Waals surface area contributed by atoms with Gasteiger partial charge in [0.1, 0.15) is 11.6 Å². The van der Waals surface area contributed by atoms with Crippen molar-refractivity contribution in [2.75, 3.05) is 6.61 Å². The fraction of sp³-hybridized carbons (Fsp3) is 0.176. The molecule has 3 aromatic rings. The van der Waals surface area contributed by atoms with Gasteiger partial charge in [0.05, 0.1) is 10.2 Å². The van der Waals surface area contributed by atoms with Gasteiger partial charge in [-0.25, -0.2) is 4.39 Å². The first-order valence-electron chi connectivity index (χ1n) is 7.31. The van der Waals surface area contributed by atoms with Crippen LogP contribution in [0.5, 0.6) is 5.75 Å². The van der Waals surface area contributed by atoms with Gasteiger partial charge >= 0.3 is 0 Å². The van der Waals surface area contributed by atoms with Crippen molar-refractivity contribution in [2.45, 2.75) is 13.5 Å². The summed E-state index contributed by atoms with van der Waals surface area (Å²) < 4.78 is 21.4. The Labute approximate surface area is 146 Å². The van der Waals surface area contributed by atoms with Crippen molar-refractivity contribution in [1.29, 1.82) is 0 Å². The summed E-state index contributed by atoms with van der Waals surface area (Å²) in [5, 5.41) is 0.597. The van der Waals surface area contributed by atoms with Crippen LogP contribution in [0.15, 0.2) is 47.5 Å². The number of hydrogen-bond acceptors (Lipinski definition) is 3. The third kappa shape index (κ3) is 3.66. The van der Waals surface area contributed by atoms with E-state index in [2.05, 4.69) is 4.99 Å². The average Bonchev–Trinajstić information content (AvgIpc) is 2.90. The molecule has 1 amide bonds. The van der Waals surface area contributed by atoms with Gasteiger partial charge in [-0.3, -0.25) is 4.79 Å². The van der Waals surface area contributed by atoms with Crippen molar-refractivity contribution >= 4 is 39.1 Å². The maximum absolute atomic E-state index is 13.4. The lowest BCUT2D eigenvalue weighted by atomic mass is 10.3. The van der Waals surface area contributed by atoms with E-state index in [1.807, 2.05) is 11.5 Å². The Morgan fingerprint density at radius 1 is 1.29 bits per heavy atom. The highest BCUT2D eigenvalue weighted by molar-refractivity contribution is 7.16. The third-order valence-corrected chi connectivity index (χ3v) is 4.65. The van der Waals surface area contributed by atoms with Crippen molar-refractivity contribution in [3.8, 4) is 5.75 Å². The van der Waals surface area contributed by atoms with E-state index in [0.29, 0.717) is 22.1 Å². The molecule has 0 atom stereocenters. The molecule has 0 fully saturated rings. The zero-order chi connectivity index (χ0) is 17.1. The number of ether oxygens (including phenoxy) is 1. The summed E-state index contributed by atoms with van der Waals surface area (Å²) in [6.45, 7) is 2.41. The van der Waals surface area contributed by atoms with Gasteiger partial charge in [-0.15, -0.1) is 0 Å². The number of aryl methyl sites for hydroxylation is 1. The Kier molecular flexibility index (Phi) is 4.97. The minimum Gasteiger partial charge on any atom is -0.484 e. The van der Waals surface area contributed by atoms with Crippen LogP contribution >= 0.6 is 22.9 Å². The monoisotopic (exact) mass is 364 g/mol. The number of halogens is 2. The molecule has 1 heterocycles. The Hall–Kier alpha value is -2.18. The van der Waals surface area contributed by atoms with Gasteiger partial charge in [-0.05, 0) is 49.4 Å². The molecular weight excluding hydrogens is 351 g/mol. The number of rotatable bonds is 4. The quantitative estimate of drug-likeness (QED) is 0.701. The highest BCUT2D eigenvalue weighted by Gasteiger charge is 2.08. The van der Waals surface area contributed by atoms with Gasteiger partial charge in [-0.1, -0.05) is 22.9 Å². The molecule has 0 spiro atoms. The van der Waals surface area contributed by atoms with E-state index in [4.69, 9.17) is 16.3 Å². The lowest BCUT2D eigenvalue weighted by Crippen LogP contribution is -2.18. The highest BCUT2D eigenvalue weighted by Crippen LogP contribution is 2.18. The highest BCUT2D eigenvalue weighted by atomic mass is 35.5. The predicted molar refractivity (Wildman–Crippen MR) is 93.0 cm³/mol. The summed E-state index contributed by atoms with van der Waals surface area (Å²) in [4.78, 5) is 16.7. The largest absolute Gasteiger partial charge is 0.484 e. The van der Waals surface area contributed by atoms with Crippen LogP contribution in [-0.2, 0) is 11.3 Å². The molecule has 3 rings (SSSR count). The first-order valence-corrected chi connectivity index (χ1v) is 8.51. The Bertz CT molecular complexity index is 947. The summed E-state index contributed by atoms with van der Waals surface area (Å²) in [7, 11) is 0. The van der Waals surface area contributed by atoms with Crippen molar-refractivity contribution in [3.05, 3.63) is 58.1 Å². The second-order valence-electron chi connectivity index (χ2n) is 4.99. The first kappa shape index (κ1) is 16.7. The van der Waals surface area contributed by atoms with Gasteiger partial charge in [0.2, 0.25) is 0 Å². The molecule has 24 heavy (non-hydrogen) atoms. The number of fused-ring (bicyclic) bond motifs is 1. The number of carbonyl (C=O) groups excluding carboxylic acids is 1. The molecule has 0 aliphatic rings. The van der Waals surface area contributed by atoms with Crippen molar-refractivity contribution in [1.82, 2.24) is 4.57 Å². The van der Waals surface area contributed by atoms with Gasteiger partial charge in [-0.2, -0.15) is 4.99 Å². The zero-order valence-corrected chi connectivity index (χ0v) is 14.4. The Balaban J connectivity index is 1.83. The summed E-state index contributed by atoms with van der Waals surface area (Å²) in [5.74, 6) is -0.167. The van der Waals surface area contributed by atoms with Crippen LogP contribution in [0, 0.1) is 5.82 Å². The van der Waals surface area contributed by atoms with E-state index in [1.165, 1.54) is 23.5 Å². The number of nitrogens with zero attached hydrogens (tertiary/aromatic N) is 2. The second kappa shape index (κ2) is 7.15. The van der Waals surface area contributed by atoms with E-state index < -0.39 is 5.91 Å². The molecular formula is C17H14ClFN2O2S.